The molecule has 120 valence electrons. The first-order valence-corrected chi connectivity index (χ1v) is 9.01. The number of thioether (sulfide) groups is 1. The Labute approximate surface area is 141 Å². The number of methoxy groups -OCH3 is 1. The van der Waals surface area contributed by atoms with E-state index in [2.05, 4.69) is 5.32 Å². The van der Waals surface area contributed by atoms with Crippen LogP contribution in [0.5, 0.6) is 5.75 Å². The van der Waals surface area contributed by atoms with E-state index >= 15 is 0 Å². The monoisotopic (exact) mass is 327 g/mol. The zero-order valence-corrected chi connectivity index (χ0v) is 14.3. The molecule has 0 aliphatic heterocycles. The Morgan fingerprint density at radius 3 is 2.61 bits per heavy atom. The van der Waals surface area contributed by atoms with Crippen molar-refractivity contribution in [3.8, 4) is 5.75 Å². The second-order valence-corrected chi connectivity index (χ2v) is 6.70. The fourth-order valence-electron chi connectivity index (χ4n) is 3.14. The molecule has 1 fully saturated rings. The molecule has 0 heterocycles. The van der Waals surface area contributed by atoms with Crippen LogP contribution in [0.2, 0.25) is 0 Å². The Morgan fingerprint density at radius 2 is 1.96 bits per heavy atom. The van der Waals surface area contributed by atoms with E-state index in [0.29, 0.717) is 0 Å². The molecule has 0 radical (unpaired) electrons. The van der Waals surface area contributed by atoms with Crippen LogP contribution in [0.1, 0.15) is 24.8 Å². The lowest BCUT2D eigenvalue weighted by Gasteiger charge is -2.41. The van der Waals surface area contributed by atoms with Gasteiger partial charge in [0.2, 0.25) is 5.91 Å². The third-order valence-electron chi connectivity index (χ3n) is 4.59. The fraction of sp³-hybridized carbons (Fsp3) is 0.316. The van der Waals surface area contributed by atoms with Crippen LogP contribution in [0.4, 0.5) is 5.69 Å². The normalized spacial score (nSPS) is 15.6. The molecule has 1 amide bonds. The van der Waals surface area contributed by atoms with Gasteiger partial charge in [0, 0.05) is 16.1 Å². The van der Waals surface area contributed by atoms with E-state index in [1.165, 1.54) is 0 Å². The Balaban J connectivity index is 1.89. The van der Waals surface area contributed by atoms with Crippen LogP contribution >= 0.6 is 11.8 Å². The lowest BCUT2D eigenvalue weighted by Crippen LogP contribution is -2.46. The SMILES string of the molecule is COc1ccccc1C1(C(=O)Nc2cccc(SC)c2)CCC1. The smallest absolute Gasteiger partial charge is 0.235 e. The minimum absolute atomic E-state index is 0.0616. The molecule has 0 unspecified atom stereocenters. The molecule has 0 spiro atoms. The van der Waals surface area contributed by atoms with Crippen LogP contribution in [0.3, 0.4) is 0 Å². The zero-order valence-electron chi connectivity index (χ0n) is 13.5. The molecule has 0 bridgehead atoms. The summed E-state index contributed by atoms with van der Waals surface area (Å²) in [5.41, 5.74) is 1.37. The number of amides is 1. The summed E-state index contributed by atoms with van der Waals surface area (Å²) in [7, 11) is 1.66. The van der Waals surface area contributed by atoms with Crippen molar-refractivity contribution < 1.29 is 9.53 Å². The first-order valence-electron chi connectivity index (χ1n) is 7.78. The third kappa shape index (κ3) is 2.95. The van der Waals surface area contributed by atoms with Crippen LogP contribution in [-0.4, -0.2) is 19.3 Å². The van der Waals surface area contributed by atoms with Crippen molar-refractivity contribution in [1.29, 1.82) is 0 Å². The molecule has 1 aliphatic rings. The lowest BCUT2D eigenvalue weighted by atomic mass is 9.63. The van der Waals surface area contributed by atoms with Crippen molar-refractivity contribution in [3.63, 3.8) is 0 Å². The molecule has 2 aromatic carbocycles. The number of hydrogen-bond acceptors (Lipinski definition) is 3. The summed E-state index contributed by atoms with van der Waals surface area (Å²) in [6.07, 6.45) is 4.82. The number of anilines is 1. The van der Waals surface area contributed by atoms with E-state index in [4.69, 9.17) is 4.74 Å². The van der Waals surface area contributed by atoms with Crippen molar-refractivity contribution >= 4 is 23.4 Å². The maximum absolute atomic E-state index is 13.0. The van der Waals surface area contributed by atoms with Crippen LogP contribution in [0, 0.1) is 0 Å². The third-order valence-corrected chi connectivity index (χ3v) is 5.32. The predicted molar refractivity (Wildman–Crippen MR) is 95.4 cm³/mol. The molecular formula is C19H21NO2S. The van der Waals surface area contributed by atoms with E-state index < -0.39 is 5.41 Å². The van der Waals surface area contributed by atoms with Crippen molar-refractivity contribution in [1.82, 2.24) is 0 Å². The summed E-state index contributed by atoms with van der Waals surface area (Å²) in [6.45, 7) is 0. The molecular weight excluding hydrogens is 306 g/mol. The fourth-order valence-corrected chi connectivity index (χ4v) is 3.60. The van der Waals surface area contributed by atoms with Gasteiger partial charge in [-0.05, 0) is 43.4 Å². The largest absolute Gasteiger partial charge is 0.496 e. The predicted octanol–water partition coefficient (Wildman–Crippen LogP) is 4.48. The quantitative estimate of drug-likeness (QED) is 0.823. The second-order valence-electron chi connectivity index (χ2n) is 5.82. The minimum Gasteiger partial charge on any atom is -0.496 e. The van der Waals surface area contributed by atoms with Gasteiger partial charge in [0.1, 0.15) is 5.75 Å². The van der Waals surface area contributed by atoms with E-state index in [1.54, 1.807) is 18.9 Å². The minimum atomic E-state index is -0.470. The molecule has 0 aromatic heterocycles. The zero-order chi connectivity index (χ0) is 16.3. The summed E-state index contributed by atoms with van der Waals surface area (Å²) in [5.74, 6) is 0.853. The highest BCUT2D eigenvalue weighted by molar-refractivity contribution is 7.98. The van der Waals surface area contributed by atoms with Crippen LogP contribution < -0.4 is 10.1 Å². The van der Waals surface area contributed by atoms with Gasteiger partial charge >= 0.3 is 0 Å². The first kappa shape index (κ1) is 15.9. The Morgan fingerprint density at radius 1 is 1.17 bits per heavy atom. The van der Waals surface area contributed by atoms with Crippen LogP contribution in [0.25, 0.3) is 0 Å². The summed E-state index contributed by atoms with van der Waals surface area (Å²) in [6, 6.07) is 15.8. The standard InChI is InChI=1S/C19H21NO2S/c1-22-17-10-4-3-9-16(17)19(11-6-12-19)18(21)20-14-7-5-8-15(13-14)23-2/h3-5,7-10,13H,6,11-12H2,1-2H3,(H,20,21). The number of carbonyl (C=O) groups excluding carboxylic acids is 1. The van der Waals surface area contributed by atoms with Crippen LogP contribution in [-0.2, 0) is 10.2 Å². The maximum Gasteiger partial charge on any atom is 0.235 e. The van der Waals surface area contributed by atoms with Gasteiger partial charge in [-0.2, -0.15) is 0 Å². The first-order chi connectivity index (χ1) is 11.2. The van der Waals surface area contributed by atoms with Crippen molar-refractivity contribution in [2.75, 3.05) is 18.7 Å². The van der Waals surface area contributed by atoms with Gasteiger partial charge in [-0.3, -0.25) is 4.79 Å². The average molecular weight is 327 g/mol. The number of carbonyl (C=O) groups is 1. The number of ether oxygens (including phenoxy) is 1. The molecule has 1 saturated carbocycles. The van der Waals surface area contributed by atoms with Crippen molar-refractivity contribution in [3.05, 3.63) is 54.1 Å². The summed E-state index contributed by atoms with van der Waals surface area (Å²) < 4.78 is 5.48. The average Bonchev–Trinajstić information content (AvgIpc) is 2.54. The summed E-state index contributed by atoms with van der Waals surface area (Å²) in [4.78, 5) is 14.2. The van der Waals surface area contributed by atoms with Gasteiger partial charge in [-0.25, -0.2) is 0 Å². The summed E-state index contributed by atoms with van der Waals surface area (Å²) >= 11 is 1.67. The molecule has 3 rings (SSSR count). The summed E-state index contributed by atoms with van der Waals surface area (Å²) in [5, 5.41) is 3.10. The highest BCUT2D eigenvalue weighted by atomic mass is 32.2. The molecule has 4 heteroatoms. The number of nitrogens with one attached hydrogen (secondary N) is 1. The molecule has 2 aromatic rings. The molecule has 0 atom stereocenters. The molecule has 0 saturated heterocycles. The Hall–Kier alpha value is -1.94. The number of benzene rings is 2. The molecule has 3 nitrogen and oxygen atoms in total. The van der Waals surface area contributed by atoms with Crippen molar-refractivity contribution in [2.24, 2.45) is 0 Å². The topological polar surface area (TPSA) is 38.3 Å². The Bertz CT molecular complexity index is 710. The second kappa shape index (κ2) is 6.67. The number of para-hydroxylation sites is 1. The van der Waals surface area contributed by atoms with Gasteiger partial charge in [-0.15, -0.1) is 11.8 Å². The van der Waals surface area contributed by atoms with Crippen molar-refractivity contribution in [2.45, 2.75) is 29.6 Å². The van der Waals surface area contributed by atoms with Gasteiger partial charge < -0.3 is 10.1 Å². The lowest BCUT2D eigenvalue weighted by molar-refractivity contribution is -0.124. The van der Waals surface area contributed by atoms with Gasteiger partial charge in [0.15, 0.2) is 0 Å². The number of rotatable bonds is 5. The van der Waals surface area contributed by atoms with E-state index in [1.807, 2.05) is 54.8 Å². The maximum atomic E-state index is 13.0. The van der Waals surface area contributed by atoms with Gasteiger partial charge in [-0.1, -0.05) is 30.7 Å². The van der Waals surface area contributed by atoms with E-state index in [0.717, 1.165) is 41.2 Å². The molecule has 1 aliphatic carbocycles. The van der Waals surface area contributed by atoms with Gasteiger partial charge in [0.25, 0.3) is 0 Å². The van der Waals surface area contributed by atoms with Gasteiger partial charge in [0.05, 0.1) is 12.5 Å². The Kier molecular flexibility index (Phi) is 4.62. The van der Waals surface area contributed by atoms with E-state index in [-0.39, 0.29) is 5.91 Å². The highest BCUT2D eigenvalue weighted by Gasteiger charge is 2.47. The molecule has 23 heavy (non-hydrogen) atoms. The van der Waals surface area contributed by atoms with Crippen LogP contribution in [0.15, 0.2) is 53.4 Å². The molecule has 1 N–H and O–H groups in total. The van der Waals surface area contributed by atoms with E-state index in [9.17, 15) is 4.79 Å². The highest BCUT2D eigenvalue weighted by Crippen LogP contribution is 2.47. The number of hydrogen-bond donors (Lipinski definition) is 1.